The lowest BCUT2D eigenvalue weighted by molar-refractivity contribution is -0.385. The van der Waals surface area contributed by atoms with Gasteiger partial charge in [0.15, 0.2) is 0 Å². The molecule has 1 aliphatic rings. The average molecular weight is 356 g/mol. The van der Waals surface area contributed by atoms with E-state index in [9.17, 15) is 14.9 Å². The van der Waals surface area contributed by atoms with Gasteiger partial charge in [-0.25, -0.2) is 4.98 Å². The number of rotatable bonds is 5. The minimum atomic E-state index is -0.717. The van der Waals surface area contributed by atoms with Gasteiger partial charge in [-0.2, -0.15) is 0 Å². The van der Waals surface area contributed by atoms with Crippen LogP contribution < -0.4 is 15.4 Å². The number of primary amides is 1. The maximum absolute atomic E-state index is 11.7. The number of hydrogen-bond donors (Lipinski definition) is 1. The zero-order valence-electron chi connectivity index (χ0n) is 14.4. The molecule has 0 aliphatic carbocycles. The van der Waals surface area contributed by atoms with Gasteiger partial charge in [-0.3, -0.25) is 14.9 Å². The van der Waals surface area contributed by atoms with Gasteiger partial charge in [0, 0.05) is 19.2 Å². The predicted molar refractivity (Wildman–Crippen MR) is 96.6 cm³/mol. The van der Waals surface area contributed by atoms with Gasteiger partial charge in [0.05, 0.1) is 17.6 Å². The first-order chi connectivity index (χ1) is 12.5. The Morgan fingerprint density at radius 1 is 1.35 bits per heavy atom. The molecule has 0 radical (unpaired) electrons. The Kier molecular flexibility index (Phi) is 5.01. The Morgan fingerprint density at radius 2 is 2.08 bits per heavy atom. The molecule has 8 heteroatoms. The van der Waals surface area contributed by atoms with Crippen LogP contribution in [0.15, 0.2) is 36.5 Å². The van der Waals surface area contributed by atoms with E-state index in [1.807, 2.05) is 23.1 Å². The molecule has 2 N–H and O–H groups in total. The molecule has 3 rings (SSSR count). The number of anilines is 1. The summed E-state index contributed by atoms with van der Waals surface area (Å²) in [6, 6.07) is 9.21. The lowest BCUT2D eigenvalue weighted by atomic mass is 9.89. The van der Waals surface area contributed by atoms with E-state index < -0.39 is 10.8 Å². The number of nitrogens with zero attached hydrogens (tertiary/aromatic N) is 3. The number of carbonyl (C=O) groups excluding carboxylic acids is 1. The largest absolute Gasteiger partial charge is 0.497 e. The lowest BCUT2D eigenvalue weighted by Gasteiger charge is -2.33. The number of methoxy groups -OCH3 is 1. The fraction of sp³-hybridized carbons (Fsp3) is 0.333. The first-order valence-corrected chi connectivity index (χ1v) is 8.32. The molecular formula is C18H20N4O4. The third kappa shape index (κ3) is 3.58. The summed E-state index contributed by atoms with van der Waals surface area (Å²) in [5.41, 5.74) is 6.46. The molecule has 1 aromatic carbocycles. The van der Waals surface area contributed by atoms with E-state index >= 15 is 0 Å². The van der Waals surface area contributed by atoms with Gasteiger partial charge in [0.1, 0.15) is 17.8 Å². The maximum atomic E-state index is 11.7. The zero-order chi connectivity index (χ0) is 18.7. The second-order valence-electron chi connectivity index (χ2n) is 6.22. The normalized spacial score (nSPS) is 14.9. The molecule has 136 valence electrons. The summed E-state index contributed by atoms with van der Waals surface area (Å²) < 4.78 is 5.28. The van der Waals surface area contributed by atoms with Crippen LogP contribution in [-0.2, 0) is 0 Å². The van der Waals surface area contributed by atoms with Crippen molar-refractivity contribution in [1.82, 2.24) is 4.98 Å². The number of nitrogens with two attached hydrogens (primary N) is 1. The molecule has 1 aliphatic heterocycles. The van der Waals surface area contributed by atoms with Gasteiger partial charge in [-0.05, 0) is 36.5 Å². The molecule has 1 fully saturated rings. The SMILES string of the molecule is COc1cccc(C2CCN(c3ncc([N+](=O)[O-])cc3C(N)=O)CC2)c1. The van der Waals surface area contributed by atoms with Gasteiger partial charge in [-0.15, -0.1) is 0 Å². The van der Waals surface area contributed by atoms with Crippen LogP contribution in [0.3, 0.4) is 0 Å². The minimum absolute atomic E-state index is 0.0824. The van der Waals surface area contributed by atoms with Gasteiger partial charge < -0.3 is 15.4 Å². The van der Waals surface area contributed by atoms with Crippen molar-refractivity contribution in [2.24, 2.45) is 5.73 Å². The predicted octanol–water partition coefficient (Wildman–Crippen LogP) is 2.48. The van der Waals surface area contributed by atoms with Gasteiger partial charge in [0.25, 0.3) is 11.6 Å². The molecule has 0 saturated carbocycles. The smallest absolute Gasteiger partial charge is 0.288 e. The number of amides is 1. The van der Waals surface area contributed by atoms with Gasteiger partial charge >= 0.3 is 0 Å². The Labute approximate surface area is 150 Å². The first kappa shape index (κ1) is 17.7. The van der Waals surface area contributed by atoms with Crippen LogP contribution in [0.1, 0.15) is 34.7 Å². The molecule has 8 nitrogen and oxygen atoms in total. The summed E-state index contributed by atoms with van der Waals surface area (Å²) in [6.07, 6.45) is 2.92. The van der Waals surface area contributed by atoms with Crippen LogP contribution in [0.25, 0.3) is 0 Å². The van der Waals surface area contributed by atoms with Crippen LogP contribution in [0.4, 0.5) is 11.5 Å². The maximum Gasteiger partial charge on any atom is 0.288 e. The quantitative estimate of drug-likeness (QED) is 0.651. The number of carbonyl (C=O) groups is 1. The summed E-state index contributed by atoms with van der Waals surface area (Å²) >= 11 is 0. The number of nitro groups is 1. The Bertz CT molecular complexity index is 832. The number of pyridine rings is 1. The molecule has 1 aromatic heterocycles. The fourth-order valence-electron chi connectivity index (χ4n) is 3.30. The summed E-state index contributed by atoms with van der Waals surface area (Å²) in [5.74, 6) is 0.910. The van der Waals surface area contributed by atoms with Gasteiger partial charge in [0.2, 0.25) is 0 Å². The minimum Gasteiger partial charge on any atom is -0.497 e. The molecule has 0 spiro atoms. The number of aromatic nitrogens is 1. The van der Waals surface area contributed by atoms with E-state index in [4.69, 9.17) is 10.5 Å². The Hall–Kier alpha value is -3.16. The van der Waals surface area contributed by atoms with Crippen LogP contribution in [0, 0.1) is 10.1 Å². The third-order valence-electron chi connectivity index (χ3n) is 4.69. The molecule has 2 aromatic rings. The molecule has 0 unspecified atom stereocenters. The second kappa shape index (κ2) is 7.38. The van der Waals surface area contributed by atoms with E-state index in [1.54, 1.807) is 7.11 Å². The van der Waals surface area contributed by atoms with E-state index in [-0.39, 0.29) is 11.3 Å². The monoisotopic (exact) mass is 356 g/mol. The summed E-state index contributed by atoms with van der Waals surface area (Å²) in [7, 11) is 1.65. The number of benzene rings is 1. The number of piperidine rings is 1. The zero-order valence-corrected chi connectivity index (χ0v) is 14.4. The molecule has 2 heterocycles. The van der Waals surface area contributed by atoms with Crippen molar-refractivity contribution in [1.29, 1.82) is 0 Å². The Balaban J connectivity index is 1.77. The van der Waals surface area contributed by atoms with Crippen molar-refractivity contribution in [3.8, 4) is 5.75 Å². The lowest BCUT2D eigenvalue weighted by Crippen LogP contribution is -2.35. The van der Waals surface area contributed by atoms with Crippen molar-refractivity contribution < 1.29 is 14.5 Å². The highest BCUT2D eigenvalue weighted by molar-refractivity contribution is 5.98. The molecule has 1 saturated heterocycles. The molecule has 0 bridgehead atoms. The van der Waals surface area contributed by atoms with E-state index in [0.29, 0.717) is 24.8 Å². The van der Waals surface area contributed by atoms with Crippen molar-refractivity contribution in [3.63, 3.8) is 0 Å². The van der Waals surface area contributed by atoms with Crippen molar-refractivity contribution >= 4 is 17.4 Å². The second-order valence-corrected chi connectivity index (χ2v) is 6.22. The summed E-state index contributed by atoms with van der Waals surface area (Å²) in [5, 5.41) is 10.9. The highest BCUT2D eigenvalue weighted by Crippen LogP contribution is 2.33. The number of ether oxygens (including phenoxy) is 1. The molecule has 26 heavy (non-hydrogen) atoms. The van der Waals surface area contributed by atoms with Gasteiger partial charge in [-0.1, -0.05) is 12.1 Å². The van der Waals surface area contributed by atoms with Crippen LogP contribution in [-0.4, -0.2) is 36.0 Å². The first-order valence-electron chi connectivity index (χ1n) is 8.32. The summed E-state index contributed by atoms with van der Waals surface area (Å²) in [6.45, 7) is 1.37. The van der Waals surface area contributed by atoms with Crippen molar-refractivity contribution in [3.05, 3.63) is 57.8 Å². The standard InChI is InChI=1S/C18H20N4O4/c1-26-15-4-2-3-13(9-15)12-5-7-21(8-6-12)18-16(17(19)23)10-14(11-20-18)22(24)25/h2-4,9-12H,5-8H2,1H3,(H2,19,23). The van der Waals surface area contributed by atoms with Crippen molar-refractivity contribution in [2.45, 2.75) is 18.8 Å². The molecular weight excluding hydrogens is 336 g/mol. The highest BCUT2D eigenvalue weighted by Gasteiger charge is 2.26. The van der Waals surface area contributed by atoms with Crippen LogP contribution in [0.2, 0.25) is 0 Å². The van der Waals surface area contributed by atoms with E-state index in [2.05, 4.69) is 11.1 Å². The summed E-state index contributed by atoms with van der Waals surface area (Å²) in [4.78, 5) is 28.1. The molecule has 1 amide bonds. The molecule has 0 atom stereocenters. The Morgan fingerprint density at radius 3 is 2.69 bits per heavy atom. The van der Waals surface area contributed by atoms with E-state index in [1.165, 1.54) is 11.6 Å². The van der Waals surface area contributed by atoms with Crippen LogP contribution >= 0.6 is 0 Å². The van der Waals surface area contributed by atoms with E-state index in [0.717, 1.165) is 24.8 Å². The topological polar surface area (TPSA) is 112 Å². The third-order valence-corrected chi connectivity index (χ3v) is 4.69. The average Bonchev–Trinajstić information content (AvgIpc) is 2.67. The number of hydrogen-bond acceptors (Lipinski definition) is 6. The fourth-order valence-corrected chi connectivity index (χ4v) is 3.30. The van der Waals surface area contributed by atoms with Crippen LogP contribution in [0.5, 0.6) is 5.75 Å². The van der Waals surface area contributed by atoms with Crippen molar-refractivity contribution in [2.75, 3.05) is 25.1 Å². The highest BCUT2D eigenvalue weighted by atomic mass is 16.6.